The van der Waals surface area contributed by atoms with Gasteiger partial charge < -0.3 is 10.2 Å². The molecule has 1 heterocycles. The smallest absolute Gasteiger partial charge is 0.320 e. The van der Waals surface area contributed by atoms with Crippen LogP contribution in [0.15, 0.2) is 24.3 Å². The van der Waals surface area contributed by atoms with Crippen molar-refractivity contribution in [1.29, 1.82) is 0 Å². The van der Waals surface area contributed by atoms with Gasteiger partial charge in [0.05, 0.1) is 0 Å². The molecule has 0 aromatic heterocycles. The molecule has 18 heavy (non-hydrogen) atoms. The topological polar surface area (TPSA) is 60.8 Å². The van der Waals surface area contributed by atoms with Crippen LogP contribution in [0.3, 0.4) is 0 Å². The van der Waals surface area contributed by atoms with E-state index >= 15 is 0 Å². The number of phenols is 1. The molecule has 0 saturated carbocycles. The third kappa shape index (κ3) is 3.01. The van der Waals surface area contributed by atoms with E-state index in [2.05, 4.69) is 0 Å². The minimum Gasteiger partial charge on any atom is -0.508 e. The minimum atomic E-state index is -0.757. The van der Waals surface area contributed by atoms with Crippen molar-refractivity contribution in [3.8, 4) is 5.75 Å². The molecule has 2 rings (SSSR count). The summed E-state index contributed by atoms with van der Waals surface area (Å²) in [6.45, 7) is 1.29. The van der Waals surface area contributed by atoms with Gasteiger partial charge in [-0.3, -0.25) is 9.69 Å². The van der Waals surface area contributed by atoms with Crippen molar-refractivity contribution in [3.63, 3.8) is 0 Å². The van der Waals surface area contributed by atoms with Gasteiger partial charge in [-0.2, -0.15) is 0 Å². The summed E-state index contributed by atoms with van der Waals surface area (Å²) in [5, 5.41) is 19.0. The van der Waals surface area contributed by atoms with Crippen LogP contribution < -0.4 is 0 Å². The van der Waals surface area contributed by atoms with E-state index in [1.165, 1.54) is 0 Å². The van der Waals surface area contributed by atoms with Crippen LogP contribution in [0.4, 0.5) is 0 Å². The van der Waals surface area contributed by atoms with Gasteiger partial charge in [0.2, 0.25) is 0 Å². The van der Waals surface area contributed by atoms with E-state index in [1.807, 2.05) is 17.0 Å². The summed E-state index contributed by atoms with van der Waals surface area (Å²) in [4.78, 5) is 13.3. The molecule has 2 N–H and O–H groups in total. The predicted molar refractivity (Wildman–Crippen MR) is 68.4 cm³/mol. The number of hydrogen-bond donors (Lipinski definition) is 2. The zero-order valence-corrected chi connectivity index (χ0v) is 10.4. The number of benzene rings is 1. The maximum atomic E-state index is 11.3. The van der Waals surface area contributed by atoms with Crippen LogP contribution >= 0.6 is 0 Å². The first-order chi connectivity index (χ1) is 8.68. The van der Waals surface area contributed by atoms with Gasteiger partial charge in [0.25, 0.3) is 0 Å². The van der Waals surface area contributed by atoms with Crippen molar-refractivity contribution in [2.75, 3.05) is 6.54 Å². The molecular weight excluding hydrogens is 230 g/mol. The molecule has 0 aliphatic carbocycles. The van der Waals surface area contributed by atoms with Gasteiger partial charge in [-0.15, -0.1) is 0 Å². The molecule has 1 atom stereocenters. The van der Waals surface area contributed by atoms with Crippen molar-refractivity contribution < 1.29 is 15.0 Å². The lowest BCUT2D eigenvalue weighted by Crippen LogP contribution is -2.40. The van der Waals surface area contributed by atoms with Crippen LogP contribution in [-0.4, -0.2) is 33.7 Å². The number of aliphatic carboxylic acids is 1. The molecule has 4 heteroatoms. The van der Waals surface area contributed by atoms with Gasteiger partial charge in [0, 0.05) is 12.1 Å². The average molecular weight is 249 g/mol. The molecule has 1 aliphatic heterocycles. The third-order valence-corrected chi connectivity index (χ3v) is 3.51. The van der Waals surface area contributed by atoms with Crippen LogP contribution in [-0.2, 0) is 11.3 Å². The number of rotatable bonds is 3. The Labute approximate surface area is 107 Å². The monoisotopic (exact) mass is 249 g/mol. The molecule has 1 saturated heterocycles. The maximum absolute atomic E-state index is 11.3. The van der Waals surface area contributed by atoms with Crippen LogP contribution in [0.1, 0.15) is 31.2 Å². The van der Waals surface area contributed by atoms with Crippen molar-refractivity contribution in [3.05, 3.63) is 29.8 Å². The van der Waals surface area contributed by atoms with E-state index in [9.17, 15) is 15.0 Å². The highest BCUT2D eigenvalue weighted by Crippen LogP contribution is 2.23. The Balaban J connectivity index is 2.14. The fourth-order valence-electron chi connectivity index (χ4n) is 2.50. The summed E-state index contributed by atoms with van der Waals surface area (Å²) in [6, 6.07) is 6.70. The van der Waals surface area contributed by atoms with Gasteiger partial charge in [-0.1, -0.05) is 31.0 Å². The van der Waals surface area contributed by atoms with Crippen molar-refractivity contribution in [2.45, 2.75) is 38.3 Å². The predicted octanol–water partition coefficient (Wildman–Crippen LogP) is 2.22. The van der Waals surface area contributed by atoms with Crippen molar-refractivity contribution >= 4 is 5.97 Å². The molecule has 0 radical (unpaired) electrons. The fraction of sp³-hybridized carbons (Fsp3) is 0.500. The van der Waals surface area contributed by atoms with Gasteiger partial charge in [0.15, 0.2) is 0 Å². The fourth-order valence-corrected chi connectivity index (χ4v) is 2.50. The summed E-state index contributed by atoms with van der Waals surface area (Å²) in [7, 11) is 0. The lowest BCUT2D eigenvalue weighted by atomic mass is 10.1. The third-order valence-electron chi connectivity index (χ3n) is 3.51. The summed E-state index contributed by atoms with van der Waals surface area (Å²) >= 11 is 0. The van der Waals surface area contributed by atoms with Gasteiger partial charge >= 0.3 is 5.97 Å². The standard InChI is InChI=1S/C14H19NO3/c16-13-8-4-3-6-11(13)10-15-9-5-1-2-7-12(15)14(17)18/h3-4,6,8,12,16H,1-2,5,7,9-10H2,(H,17,18). The highest BCUT2D eigenvalue weighted by molar-refractivity contribution is 5.73. The van der Waals surface area contributed by atoms with E-state index in [0.29, 0.717) is 13.0 Å². The number of carboxylic acid groups (broad SMARTS) is 1. The second-order valence-electron chi connectivity index (χ2n) is 4.80. The summed E-state index contributed by atoms with van der Waals surface area (Å²) < 4.78 is 0. The zero-order chi connectivity index (χ0) is 13.0. The van der Waals surface area contributed by atoms with Crippen molar-refractivity contribution in [1.82, 2.24) is 4.90 Å². The Bertz CT molecular complexity index is 419. The first-order valence-corrected chi connectivity index (χ1v) is 6.42. The average Bonchev–Trinajstić information content (AvgIpc) is 2.57. The largest absolute Gasteiger partial charge is 0.508 e. The highest BCUT2D eigenvalue weighted by atomic mass is 16.4. The second kappa shape index (κ2) is 5.87. The van der Waals surface area contributed by atoms with Crippen molar-refractivity contribution in [2.24, 2.45) is 0 Å². The number of hydrogen-bond acceptors (Lipinski definition) is 3. The van der Waals surface area contributed by atoms with Crippen LogP contribution in [0.25, 0.3) is 0 Å². The normalized spacial score (nSPS) is 21.4. The maximum Gasteiger partial charge on any atom is 0.320 e. The number of phenolic OH excluding ortho intramolecular Hbond substituents is 1. The van der Waals surface area contributed by atoms with E-state index in [0.717, 1.165) is 31.4 Å². The molecule has 1 unspecified atom stereocenters. The van der Waals surface area contributed by atoms with Gasteiger partial charge in [0.1, 0.15) is 11.8 Å². The number of likely N-dealkylation sites (tertiary alicyclic amines) is 1. The number of nitrogens with zero attached hydrogens (tertiary/aromatic N) is 1. The lowest BCUT2D eigenvalue weighted by Gasteiger charge is -2.26. The number of carbonyl (C=O) groups is 1. The Hall–Kier alpha value is -1.55. The Morgan fingerprint density at radius 2 is 2.06 bits per heavy atom. The molecule has 0 amide bonds. The highest BCUT2D eigenvalue weighted by Gasteiger charge is 2.27. The summed E-state index contributed by atoms with van der Waals surface area (Å²) in [5.41, 5.74) is 0.797. The molecule has 1 aromatic carbocycles. The quantitative estimate of drug-likeness (QED) is 0.862. The molecule has 0 spiro atoms. The van der Waals surface area contributed by atoms with E-state index < -0.39 is 12.0 Å². The molecule has 1 aromatic rings. The first-order valence-electron chi connectivity index (χ1n) is 6.42. The summed E-state index contributed by atoms with van der Waals surface area (Å²) in [5.74, 6) is -0.516. The number of aromatic hydroxyl groups is 1. The Morgan fingerprint density at radius 1 is 1.28 bits per heavy atom. The summed E-state index contributed by atoms with van der Waals surface area (Å²) in [6.07, 6.45) is 3.77. The van der Waals surface area contributed by atoms with Crippen LogP contribution in [0, 0.1) is 0 Å². The SMILES string of the molecule is O=C(O)C1CCCCCN1Cc1ccccc1O. The Morgan fingerprint density at radius 3 is 2.78 bits per heavy atom. The molecule has 0 bridgehead atoms. The second-order valence-corrected chi connectivity index (χ2v) is 4.80. The zero-order valence-electron chi connectivity index (χ0n) is 10.4. The molecule has 4 nitrogen and oxygen atoms in total. The minimum absolute atomic E-state index is 0.242. The number of carboxylic acids is 1. The van der Waals surface area contributed by atoms with E-state index in [4.69, 9.17) is 0 Å². The van der Waals surface area contributed by atoms with E-state index in [1.54, 1.807) is 12.1 Å². The van der Waals surface area contributed by atoms with Gasteiger partial charge in [-0.05, 0) is 25.5 Å². The van der Waals surface area contributed by atoms with Crippen LogP contribution in [0.2, 0.25) is 0 Å². The van der Waals surface area contributed by atoms with Gasteiger partial charge in [-0.25, -0.2) is 0 Å². The van der Waals surface area contributed by atoms with Crippen LogP contribution in [0.5, 0.6) is 5.75 Å². The lowest BCUT2D eigenvalue weighted by molar-refractivity contribution is -0.143. The molecule has 98 valence electrons. The molecule has 1 aliphatic rings. The Kier molecular flexibility index (Phi) is 4.20. The van der Waals surface area contributed by atoms with E-state index in [-0.39, 0.29) is 5.75 Å². The molecule has 1 fully saturated rings. The number of para-hydroxylation sites is 1. The molecular formula is C14H19NO3. The first kappa shape index (κ1) is 12.9.